The summed E-state index contributed by atoms with van der Waals surface area (Å²) in [6.07, 6.45) is 9.55. The Hall–Kier alpha value is -2.42. The van der Waals surface area contributed by atoms with Gasteiger partial charge < -0.3 is 15.2 Å². The number of allylic oxidation sites excluding steroid dienone is 3. The van der Waals surface area contributed by atoms with Crippen LogP contribution in [0.4, 0.5) is 0 Å². The number of aliphatic hydroxyl groups excluding tert-OH is 1. The quantitative estimate of drug-likeness (QED) is 0.667. The van der Waals surface area contributed by atoms with Gasteiger partial charge in [-0.25, -0.2) is 4.98 Å². The van der Waals surface area contributed by atoms with E-state index in [0.29, 0.717) is 23.9 Å². The molecule has 0 saturated heterocycles. The van der Waals surface area contributed by atoms with Crippen LogP contribution in [0.15, 0.2) is 48.6 Å². The van der Waals surface area contributed by atoms with Crippen molar-refractivity contribution in [1.29, 1.82) is 5.26 Å². The van der Waals surface area contributed by atoms with Gasteiger partial charge in [-0.15, -0.1) is 0 Å². The Morgan fingerprint density at radius 1 is 1.50 bits per heavy atom. The van der Waals surface area contributed by atoms with Gasteiger partial charge in [-0.05, 0) is 50.9 Å². The Morgan fingerprint density at radius 2 is 2.27 bits per heavy atom. The second-order valence-corrected chi connectivity index (χ2v) is 6.55. The van der Waals surface area contributed by atoms with Crippen molar-refractivity contribution in [3.8, 4) is 11.9 Å². The molecule has 26 heavy (non-hydrogen) atoms. The highest BCUT2D eigenvalue weighted by Crippen LogP contribution is 2.22. The van der Waals surface area contributed by atoms with E-state index < -0.39 is 0 Å². The minimum Gasteiger partial charge on any atom is -0.468 e. The van der Waals surface area contributed by atoms with E-state index in [0.717, 1.165) is 30.7 Å². The molecular formula is C21H27N3O2. The molecule has 1 aromatic heterocycles. The first-order chi connectivity index (χ1) is 12.5. The van der Waals surface area contributed by atoms with Crippen LogP contribution >= 0.6 is 0 Å². The maximum atomic E-state index is 9.38. The fourth-order valence-corrected chi connectivity index (χ4v) is 2.73. The van der Waals surface area contributed by atoms with Gasteiger partial charge in [-0.2, -0.15) is 5.26 Å². The maximum absolute atomic E-state index is 9.38. The van der Waals surface area contributed by atoms with Crippen molar-refractivity contribution >= 4 is 0 Å². The number of rotatable bonds is 9. The van der Waals surface area contributed by atoms with Crippen molar-refractivity contribution < 1.29 is 9.84 Å². The molecule has 5 nitrogen and oxygen atoms in total. The van der Waals surface area contributed by atoms with E-state index in [1.54, 1.807) is 12.1 Å². The highest BCUT2D eigenvalue weighted by molar-refractivity contribution is 5.39. The van der Waals surface area contributed by atoms with Gasteiger partial charge in [0.15, 0.2) is 0 Å². The molecule has 0 aromatic carbocycles. The van der Waals surface area contributed by atoms with Crippen molar-refractivity contribution in [3.05, 3.63) is 59.8 Å². The van der Waals surface area contributed by atoms with Gasteiger partial charge in [0.05, 0.1) is 6.10 Å². The number of aromatic nitrogens is 1. The van der Waals surface area contributed by atoms with E-state index in [1.807, 2.05) is 38.2 Å². The molecule has 1 aromatic rings. The highest BCUT2D eigenvalue weighted by atomic mass is 16.5. The molecule has 5 heteroatoms. The van der Waals surface area contributed by atoms with Crippen LogP contribution in [-0.2, 0) is 0 Å². The number of hydrogen-bond donors (Lipinski definition) is 2. The number of aliphatic hydroxyl groups is 1. The number of nitriles is 1. The first kappa shape index (κ1) is 19.9. The first-order valence-corrected chi connectivity index (χ1v) is 8.97. The molecule has 0 amide bonds. The average molecular weight is 353 g/mol. The molecule has 2 N–H and O–H groups in total. The van der Waals surface area contributed by atoms with Gasteiger partial charge in [-0.3, -0.25) is 0 Å². The fourth-order valence-electron chi connectivity index (χ4n) is 2.73. The van der Waals surface area contributed by atoms with E-state index in [9.17, 15) is 10.4 Å². The van der Waals surface area contributed by atoms with E-state index in [1.165, 1.54) is 0 Å². The number of nitrogens with zero attached hydrogens (tertiary/aromatic N) is 2. The Labute approximate surface area is 155 Å². The number of aryl methyl sites for hydroxylation is 1. The summed E-state index contributed by atoms with van der Waals surface area (Å²) in [4.78, 5) is 4.37. The van der Waals surface area contributed by atoms with Crippen LogP contribution in [0.2, 0.25) is 0 Å². The monoisotopic (exact) mass is 353 g/mol. The Balaban J connectivity index is 2.05. The van der Waals surface area contributed by atoms with Gasteiger partial charge in [-0.1, -0.05) is 30.9 Å². The second kappa shape index (κ2) is 9.91. The summed E-state index contributed by atoms with van der Waals surface area (Å²) in [5.74, 6) is 0.345. The lowest BCUT2D eigenvalue weighted by Crippen LogP contribution is -2.45. The van der Waals surface area contributed by atoms with Crippen LogP contribution in [0.1, 0.15) is 37.4 Å². The minimum absolute atomic E-state index is 0.173. The third kappa shape index (κ3) is 5.83. The summed E-state index contributed by atoms with van der Waals surface area (Å²) in [5, 5.41) is 22.1. The molecule has 138 valence electrons. The predicted octanol–water partition coefficient (Wildman–Crippen LogP) is 3.20. The van der Waals surface area contributed by atoms with Gasteiger partial charge >= 0.3 is 0 Å². The zero-order chi connectivity index (χ0) is 18.9. The predicted molar refractivity (Wildman–Crippen MR) is 103 cm³/mol. The Morgan fingerprint density at radius 3 is 2.92 bits per heavy atom. The van der Waals surface area contributed by atoms with Crippen molar-refractivity contribution in [2.24, 2.45) is 0 Å². The molecule has 1 aliphatic rings. The van der Waals surface area contributed by atoms with Gasteiger partial charge in [0.2, 0.25) is 5.88 Å². The van der Waals surface area contributed by atoms with Crippen LogP contribution in [-0.4, -0.2) is 34.9 Å². The molecule has 0 radical (unpaired) electrons. The van der Waals surface area contributed by atoms with Crippen molar-refractivity contribution in [1.82, 2.24) is 10.3 Å². The number of nitrogens with one attached hydrogen (secondary N) is 1. The first-order valence-electron chi connectivity index (χ1n) is 8.97. The van der Waals surface area contributed by atoms with E-state index in [-0.39, 0.29) is 12.2 Å². The molecule has 1 atom stereocenters. The standard InChI is InChI=1S/C21H27N3O2/c1-4-5-6-7-15(2)20(10-11-23-18-12-19(25)13-18)26-21-17(14-22)9-8-16(3)24-21/h4-9,18-20,23,25H,2,10-13H2,1,3H3/b5-4-,7-6-/t18?,19?,20-/m1/s1. The lowest BCUT2D eigenvalue weighted by Gasteiger charge is -2.32. The third-order valence-electron chi connectivity index (χ3n) is 4.35. The fraction of sp³-hybridized carbons (Fsp3) is 0.429. The van der Waals surface area contributed by atoms with Gasteiger partial charge in [0.25, 0.3) is 0 Å². The summed E-state index contributed by atoms with van der Waals surface area (Å²) in [6, 6.07) is 6.01. The maximum Gasteiger partial charge on any atom is 0.232 e. The van der Waals surface area contributed by atoms with Crippen molar-refractivity contribution in [3.63, 3.8) is 0 Å². The van der Waals surface area contributed by atoms with Crippen molar-refractivity contribution in [2.75, 3.05) is 6.54 Å². The van der Waals surface area contributed by atoms with Gasteiger partial charge in [0, 0.05) is 18.2 Å². The van der Waals surface area contributed by atoms with Crippen LogP contribution in [0.3, 0.4) is 0 Å². The van der Waals surface area contributed by atoms with Crippen molar-refractivity contribution in [2.45, 2.75) is 51.4 Å². The molecule has 1 fully saturated rings. The molecule has 1 heterocycles. The molecule has 0 aliphatic heterocycles. The number of pyridine rings is 1. The topological polar surface area (TPSA) is 78.2 Å². The Kier molecular flexibility index (Phi) is 7.58. The lowest BCUT2D eigenvalue weighted by atomic mass is 9.89. The van der Waals surface area contributed by atoms with Crippen LogP contribution in [0.5, 0.6) is 5.88 Å². The summed E-state index contributed by atoms with van der Waals surface area (Å²) in [7, 11) is 0. The molecule has 0 bridgehead atoms. The molecule has 2 rings (SSSR count). The highest BCUT2D eigenvalue weighted by Gasteiger charge is 2.26. The largest absolute Gasteiger partial charge is 0.468 e. The van der Waals surface area contributed by atoms with Crippen LogP contribution < -0.4 is 10.1 Å². The molecule has 0 spiro atoms. The Bertz CT molecular complexity index is 712. The van der Waals surface area contributed by atoms with Crippen LogP contribution in [0, 0.1) is 18.3 Å². The zero-order valence-electron chi connectivity index (χ0n) is 15.5. The molecule has 0 unspecified atom stereocenters. The van der Waals surface area contributed by atoms with E-state index in [4.69, 9.17) is 4.74 Å². The summed E-state index contributed by atoms with van der Waals surface area (Å²) >= 11 is 0. The van der Waals surface area contributed by atoms with Crippen LogP contribution in [0.25, 0.3) is 0 Å². The van der Waals surface area contributed by atoms with E-state index >= 15 is 0 Å². The van der Waals surface area contributed by atoms with Gasteiger partial charge in [0.1, 0.15) is 17.7 Å². The minimum atomic E-state index is -0.282. The third-order valence-corrected chi connectivity index (χ3v) is 4.35. The second-order valence-electron chi connectivity index (χ2n) is 6.55. The number of ether oxygens (including phenoxy) is 1. The lowest BCUT2D eigenvalue weighted by molar-refractivity contribution is 0.0615. The van der Waals surface area contributed by atoms with E-state index in [2.05, 4.69) is 22.9 Å². The molecular weight excluding hydrogens is 326 g/mol. The summed E-state index contributed by atoms with van der Waals surface area (Å²) in [6.45, 7) is 8.68. The summed E-state index contributed by atoms with van der Waals surface area (Å²) < 4.78 is 6.07. The molecule has 1 saturated carbocycles. The average Bonchev–Trinajstić information content (AvgIpc) is 2.59. The number of hydrogen-bond acceptors (Lipinski definition) is 5. The smallest absolute Gasteiger partial charge is 0.232 e. The SMILES string of the molecule is C=C(/C=C\C=C/C)[C@@H](CCNC1CC(O)C1)Oc1nc(C)ccc1C#N. The molecule has 1 aliphatic carbocycles. The zero-order valence-corrected chi connectivity index (χ0v) is 15.5. The normalized spacial score (nSPS) is 20.7. The summed E-state index contributed by atoms with van der Waals surface area (Å²) in [5.41, 5.74) is 2.04.